The van der Waals surface area contributed by atoms with E-state index in [9.17, 15) is 14.4 Å². The maximum absolute atomic E-state index is 12.7. The Balaban J connectivity index is 1.47. The van der Waals surface area contributed by atoms with Gasteiger partial charge in [0, 0.05) is 18.7 Å². The van der Waals surface area contributed by atoms with Crippen molar-refractivity contribution < 1.29 is 19.1 Å². The molecule has 0 spiro atoms. The Morgan fingerprint density at radius 1 is 1.18 bits per heavy atom. The zero-order valence-corrected chi connectivity index (χ0v) is 15.5. The van der Waals surface area contributed by atoms with Crippen molar-refractivity contribution in [2.45, 2.75) is 32.3 Å². The molecule has 2 aromatic carbocycles. The lowest BCUT2D eigenvalue weighted by Gasteiger charge is -2.27. The Kier molecular flexibility index (Phi) is 4.73. The summed E-state index contributed by atoms with van der Waals surface area (Å²) in [5, 5.41) is 5.47. The largest absolute Gasteiger partial charge is 0.480 e. The summed E-state index contributed by atoms with van der Waals surface area (Å²) in [6.45, 7) is 2.37. The fourth-order valence-corrected chi connectivity index (χ4v) is 3.49. The molecule has 0 aromatic heterocycles. The number of hydrogen-bond donors (Lipinski definition) is 2. The molecular formula is C21H21N3O4. The average Bonchev–Trinajstić information content (AvgIpc) is 2.67. The summed E-state index contributed by atoms with van der Waals surface area (Å²) in [7, 11) is 0. The number of carbonyl (C=O) groups is 3. The smallest absolute Gasteiger partial charge is 0.328 e. The Morgan fingerprint density at radius 2 is 2.04 bits per heavy atom. The minimum Gasteiger partial charge on any atom is -0.480 e. The Hall–Kier alpha value is -3.35. The molecule has 144 valence electrons. The summed E-state index contributed by atoms with van der Waals surface area (Å²) >= 11 is 0. The van der Waals surface area contributed by atoms with E-state index in [0.717, 1.165) is 22.6 Å². The number of nitrogens with zero attached hydrogens (tertiary/aromatic N) is 1. The van der Waals surface area contributed by atoms with Crippen molar-refractivity contribution in [2.24, 2.45) is 0 Å². The molecule has 7 nitrogen and oxygen atoms in total. The van der Waals surface area contributed by atoms with Crippen LogP contribution in [0.2, 0.25) is 0 Å². The topological polar surface area (TPSA) is 87.7 Å². The van der Waals surface area contributed by atoms with Crippen LogP contribution in [0, 0.1) is 6.92 Å². The number of fused-ring (bicyclic) bond motifs is 1. The molecule has 0 saturated carbocycles. The van der Waals surface area contributed by atoms with Gasteiger partial charge in [0.05, 0.1) is 5.69 Å². The second-order valence-electron chi connectivity index (χ2n) is 7.01. The normalized spacial score (nSPS) is 18.8. The third-order valence-corrected chi connectivity index (χ3v) is 4.89. The van der Waals surface area contributed by atoms with E-state index in [0.29, 0.717) is 24.3 Å². The molecule has 2 aromatic rings. The fourth-order valence-electron chi connectivity index (χ4n) is 3.49. The van der Waals surface area contributed by atoms with E-state index in [1.807, 2.05) is 19.1 Å². The van der Waals surface area contributed by atoms with E-state index in [1.165, 1.54) is 5.56 Å². The van der Waals surface area contributed by atoms with Gasteiger partial charge in [0.2, 0.25) is 5.91 Å². The number of anilines is 2. The first-order valence-electron chi connectivity index (χ1n) is 9.29. The van der Waals surface area contributed by atoms with Crippen LogP contribution in [0.1, 0.15) is 24.0 Å². The van der Waals surface area contributed by atoms with Gasteiger partial charge in [0.15, 0.2) is 6.10 Å². The van der Waals surface area contributed by atoms with Crippen LogP contribution in [0.15, 0.2) is 42.5 Å². The first-order chi connectivity index (χ1) is 13.5. The Morgan fingerprint density at radius 3 is 2.86 bits per heavy atom. The molecule has 2 aliphatic heterocycles. The zero-order chi connectivity index (χ0) is 19.7. The molecule has 2 heterocycles. The molecule has 2 N–H and O–H groups in total. The first kappa shape index (κ1) is 18.0. The number of amides is 4. The van der Waals surface area contributed by atoms with Gasteiger partial charge < -0.3 is 15.4 Å². The molecule has 0 radical (unpaired) electrons. The van der Waals surface area contributed by atoms with Crippen LogP contribution in [0.3, 0.4) is 0 Å². The van der Waals surface area contributed by atoms with Crippen molar-refractivity contribution in [3.05, 3.63) is 53.6 Å². The number of aryl methyl sites for hydroxylation is 2. The van der Waals surface area contributed by atoms with E-state index in [2.05, 4.69) is 16.7 Å². The summed E-state index contributed by atoms with van der Waals surface area (Å²) in [5.41, 5.74) is 3.20. The van der Waals surface area contributed by atoms with E-state index in [4.69, 9.17) is 4.74 Å². The average molecular weight is 379 g/mol. The summed E-state index contributed by atoms with van der Waals surface area (Å²) in [4.78, 5) is 37.9. The van der Waals surface area contributed by atoms with Crippen molar-refractivity contribution in [2.75, 3.05) is 16.8 Å². The quantitative estimate of drug-likeness (QED) is 0.858. The van der Waals surface area contributed by atoms with E-state index in [1.54, 1.807) is 24.3 Å². The predicted molar refractivity (Wildman–Crippen MR) is 104 cm³/mol. The summed E-state index contributed by atoms with van der Waals surface area (Å²) in [6.07, 6.45) is 1.03. The highest BCUT2D eigenvalue weighted by molar-refractivity contribution is 6.16. The van der Waals surface area contributed by atoms with Gasteiger partial charge in [-0.25, -0.2) is 9.69 Å². The molecule has 4 amide bonds. The van der Waals surface area contributed by atoms with Gasteiger partial charge in [0.25, 0.3) is 5.91 Å². The number of nitrogens with one attached hydrogen (secondary N) is 2. The third-order valence-electron chi connectivity index (χ3n) is 4.89. The number of rotatable bonds is 3. The highest BCUT2D eigenvalue weighted by Crippen LogP contribution is 2.29. The molecule has 1 fully saturated rings. The Bertz CT molecular complexity index is 940. The minimum atomic E-state index is -0.584. The van der Waals surface area contributed by atoms with Crippen LogP contribution in [0.5, 0.6) is 5.75 Å². The number of imide groups is 1. The highest BCUT2D eigenvalue weighted by Gasteiger charge is 2.29. The standard InChI is InChI=1S/C21H21N3O4/c1-13-5-7-17-14(11-13)6-8-18(28-17)20(26)23-15-3-2-4-16(12-15)24-19(25)9-10-22-21(24)27/h2-5,7,11-12,18H,6,8-10H2,1H3,(H,22,27)(H,23,26)/t18-/m1/s1. The summed E-state index contributed by atoms with van der Waals surface area (Å²) in [5.74, 6) is 0.217. The predicted octanol–water partition coefficient (Wildman–Crippen LogP) is 2.77. The lowest BCUT2D eigenvalue weighted by molar-refractivity contribution is -0.123. The second-order valence-corrected chi connectivity index (χ2v) is 7.01. The van der Waals surface area contributed by atoms with E-state index >= 15 is 0 Å². The van der Waals surface area contributed by atoms with Crippen LogP contribution in [0.4, 0.5) is 16.2 Å². The van der Waals surface area contributed by atoms with Crippen LogP contribution in [0.25, 0.3) is 0 Å². The summed E-state index contributed by atoms with van der Waals surface area (Å²) < 4.78 is 5.86. The summed E-state index contributed by atoms with van der Waals surface area (Å²) in [6, 6.07) is 12.2. The van der Waals surface area contributed by atoms with E-state index < -0.39 is 12.1 Å². The van der Waals surface area contributed by atoms with E-state index in [-0.39, 0.29) is 18.2 Å². The van der Waals surface area contributed by atoms with Crippen molar-refractivity contribution in [1.29, 1.82) is 0 Å². The van der Waals surface area contributed by atoms with Crippen molar-refractivity contribution in [3.63, 3.8) is 0 Å². The SMILES string of the molecule is Cc1ccc2c(c1)CC[C@H](C(=O)Nc1cccc(N3C(=O)CCNC3=O)c1)O2. The van der Waals surface area contributed by atoms with Gasteiger partial charge in [-0.3, -0.25) is 9.59 Å². The van der Waals surface area contributed by atoms with Gasteiger partial charge in [-0.15, -0.1) is 0 Å². The number of ether oxygens (including phenoxy) is 1. The number of hydrogen-bond acceptors (Lipinski definition) is 4. The van der Waals surface area contributed by atoms with Crippen LogP contribution >= 0.6 is 0 Å². The molecule has 4 rings (SSSR count). The molecular weight excluding hydrogens is 358 g/mol. The highest BCUT2D eigenvalue weighted by atomic mass is 16.5. The number of urea groups is 1. The van der Waals surface area contributed by atoms with Crippen molar-refractivity contribution >= 4 is 29.2 Å². The van der Waals surface area contributed by atoms with Crippen LogP contribution in [-0.4, -0.2) is 30.5 Å². The lowest BCUT2D eigenvalue weighted by Crippen LogP contribution is -2.50. The monoisotopic (exact) mass is 379 g/mol. The molecule has 0 aliphatic carbocycles. The van der Waals surface area contributed by atoms with Crippen molar-refractivity contribution in [3.8, 4) is 5.75 Å². The molecule has 7 heteroatoms. The minimum absolute atomic E-state index is 0.247. The Labute approximate surface area is 162 Å². The number of benzene rings is 2. The van der Waals surface area contributed by atoms with Gasteiger partial charge >= 0.3 is 6.03 Å². The van der Waals surface area contributed by atoms with Gasteiger partial charge in [-0.1, -0.05) is 23.8 Å². The van der Waals surface area contributed by atoms with Crippen LogP contribution in [-0.2, 0) is 16.0 Å². The van der Waals surface area contributed by atoms with Crippen LogP contribution < -0.4 is 20.3 Å². The van der Waals surface area contributed by atoms with Gasteiger partial charge in [-0.2, -0.15) is 0 Å². The third kappa shape index (κ3) is 3.55. The van der Waals surface area contributed by atoms with Gasteiger partial charge in [-0.05, 0) is 49.6 Å². The fraction of sp³-hybridized carbons (Fsp3) is 0.286. The zero-order valence-electron chi connectivity index (χ0n) is 15.5. The molecule has 2 aliphatic rings. The second kappa shape index (κ2) is 7.34. The maximum atomic E-state index is 12.7. The lowest BCUT2D eigenvalue weighted by atomic mass is 10.00. The molecule has 1 atom stereocenters. The van der Waals surface area contributed by atoms with Crippen molar-refractivity contribution in [1.82, 2.24) is 5.32 Å². The molecule has 0 bridgehead atoms. The number of carbonyl (C=O) groups excluding carboxylic acids is 3. The maximum Gasteiger partial charge on any atom is 0.328 e. The molecule has 0 unspecified atom stereocenters. The first-order valence-corrected chi connectivity index (χ1v) is 9.29. The molecule has 1 saturated heterocycles. The molecule has 28 heavy (non-hydrogen) atoms. The van der Waals surface area contributed by atoms with Gasteiger partial charge in [0.1, 0.15) is 5.75 Å².